The van der Waals surface area contributed by atoms with Crippen LogP contribution in [0.15, 0.2) is 17.5 Å². The van der Waals surface area contributed by atoms with Gasteiger partial charge in [0.05, 0.1) is 11.7 Å². The van der Waals surface area contributed by atoms with Crippen molar-refractivity contribution in [2.24, 2.45) is 5.92 Å². The molecule has 0 bridgehead atoms. The molecule has 14 heavy (non-hydrogen) atoms. The number of carboxylic acid groups (broad SMARTS) is 1. The number of thiophene rings is 1. The summed E-state index contributed by atoms with van der Waals surface area (Å²) in [6, 6.07) is 3.40. The normalized spacial score (nSPS) is 29.4. The van der Waals surface area contributed by atoms with Crippen LogP contribution in [0.2, 0.25) is 0 Å². The molecule has 6 heteroatoms. The minimum Gasteiger partial charge on any atom is -0.481 e. The van der Waals surface area contributed by atoms with Crippen LogP contribution >= 0.6 is 11.3 Å². The van der Waals surface area contributed by atoms with Crippen molar-refractivity contribution in [1.82, 2.24) is 0 Å². The van der Waals surface area contributed by atoms with Gasteiger partial charge in [-0.25, -0.2) is 8.42 Å². The second-order valence-electron chi connectivity index (χ2n) is 3.21. The lowest BCUT2D eigenvalue weighted by Crippen LogP contribution is -2.44. The first-order valence-electron chi connectivity index (χ1n) is 4.00. The third-order valence-electron chi connectivity index (χ3n) is 2.31. The number of rotatable bonds is 2. The van der Waals surface area contributed by atoms with Crippen molar-refractivity contribution in [1.29, 1.82) is 0 Å². The van der Waals surface area contributed by atoms with Crippen molar-refractivity contribution in [2.75, 3.05) is 5.75 Å². The van der Waals surface area contributed by atoms with Crippen LogP contribution in [0.25, 0.3) is 0 Å². The molecule has 0 saturated carbocycles. The topological polar surface area (TPSA) is 71.4 Å². The Morgan fingerprint density at radius 2 is 2.29 bits per heavy atom. The van der Waals surface area contributed by atoms with Crippen LogP contribution in [-0.4, -0.2) is 25.2 Å². The predicted molar refractivity (Wildman–Crippen MR) is 52.0 cm³/mol. The Labute approximate surface area is 85.1 Å². The van der Waals surface area contributed by atoms with Gasteiger partial charge in [0, 0.05) is 4.88 Å². The molecule has 76 valence electrons. The molecule has 1 aliphatic heterocycles. The second-order valence-corrected chi connectivity index (χ2v) is 6.36. The first-order valence-corrected chi connectivity index (χ1v) is 6.59. The molecule has 2 heterocycles. The van der Waals surface area contributed by atoms with E-state index in [0.29, 0.717) is 4.88 Å². The van der Waals surface area contributed by atoms with Crippen molar-refractivity contribution in [2.45, 2.75) is 5.25 Å². The van der Waals surface area contributed by atoms with Crippen molar-refractivity contribution in [3.05, 3.63) is 22.4 Å². The Hall–Kier alpha value is -0.880. The molecule has 1 aliphatic rings. The van der Waals surface area contributed by atoms with Crippen molar-refractivity contribution < 1.29 is 18.3 Å². The van der Waals surface area contributed by atoms with Gasteiger partial charge in [0.25, 0.3) is 0 Å². The second kappa shape index (κ2) is 3.06. The van der Waals surface area contributed by atoms with Gasteiger partial charge >= 0.3 is 5.97 Å². The van der Waals surface area contributed by atoms with E-state index in [1.54, 1.807) is 17.5 Å². The van der Waals surface area contributed by atoms with Gasteiger partial charge in [0.15, 0.2) is 9.84 Å². The molecular weight excluding hydrogens is 224 g/mol. The summed E-state index contributed by atoms with van der Waals surface area (Å²) in [4.78, 5) is 11.3. The zero-order valence-corrected chi connectivity index (χ0v) is 8.72. The maximum absolute atomic E-state index is 11.4. The number of aliphatic carboxylic acids is 1. The summed E-state index contributed by atoms with van der Waals surface area (Å²) in [5.41, 5.74) is 0. The predicted octanol–water partition coefficient (Wildman–Crippen LogP) is 0.918. The van der Waals surface area contributed by atoms with Gasteiger partial charge in [-0.05, 0) is 11.4 Å². The molecule has 0 amide bonds. The lowest BCUT2D eigenvalue weighted by molar-refractivity contribution is -0.141. The molecule has 1 saturated heterocycles. The summed E-state index contributed by atoms with van der Waals surface area (Å²) in [7, 11) is -3.21. The molecule has 2 unspecified atom stereocenters. The fourth-order valence-electron chi connectivity index (χ4n) is 1.60. The summed E-state index contributed by atoms with van der Waals surface area (Å²) >= 11 is 1.29. The lowest BCUT2D eigenvalue weighted by atomic mass is 10.1. The monoisotopic (exact) mass is 232 g/mol. The zero-order valence-electron chi connectivity index (χ0n) is 7.08. The van der Waals surface area contributed by atoms with E-state index in [1.807, 2.05) is 0 Å². The van der Waals surface area contributed by atoms with E-state index in [9.17, 15) is 13.2 Å². The van der Waals surface area contributed by atoms with Crippen molar-refractivity contribution in [3.63, 3.8) is 0 Å². The molecule has 1 aromatic heterocycles. The largest absolute Gasteiger partial charge is 0.481 e. The van der Waals surface area contributed by atoms with E-state index in [0.717, 1.165) is 0 Å². The quantitative estimate of drug-likeness (QED) is 0.823. The highest BCUT2D eigenvalue weighted by Gasteiger charge is 2.51. The molecular formula is C8H8O4S2. The molecule has 1 aromatic rings. The van der Waals surface area contributed by atoms with Crippen LogP contribution < -0.4 is 0 Å². The Morgan fingerprint density at radius 3 is 2.71 bits per heavy atom. The van der Waals surface area contributed by atoms with Crippen LogP contribution in [0, 0.1) is 5.92 Å². The summed E-state index contributed by atoms with van der Waals surface area (Å²) in [5.74, 6) is -2.03. The smallest absolute Gasteiger partial charge is 0.309 e. The third-order valence-corrected chi connectivity index (χ3v) is 5.59. The van der Waals surface area contributed by atoms with Crippen LogP contribution in [0.3, 0.4) is 0 Å². The number of hydrogen-bond donors (Lipinski definition) is 1. The Balaban J connectivity index is 2.36. The Bertz CT molecular complexity index is 446. The number of carboxylic acids is 1. The van der Waals surface area contributed by atoms with E-state index in [1.165, 1.54) is 11.3 Å². The van der Waals surface area contributed by atoms with Gasteiger partial charge in [-0.15, -0.1) is 11.3 Å². The average Bonchev–Trinajstić information content (AvgIpc) is 2.53. The summed E-state index contributed by atoms with van der Waals surface area (Å²) in [5, 5.41) is 9.71. The molecule has 0 radical (unpaired) electrons. The summed E-state index contributed by atoms with van der Waals surface area (Å²) in [6.45, 7) is 0. The third kappa shape index (κ3) is 1.34. The van der Waals surface area contributed by atoms with Gasteiger partial charge in [0.2, 0.25) is 0 Å². The van der Waals surface area contributed by atoms with Crippen LogP contribution in [0.5, 0.6) is 0 Å². The molecule has 0 aliphatic carbocycles. The highest BCUT2D eigenvalue weighted by molar-refractivity contribution is 7.93. The average molecular weight is 232 g/mol. The van der Waals surface area contributed by atoms with Crippen molar-refractivity contribution in [3.8, 4) is 0 Å². The van der Waals surface area contributed by atoms with Crippen LogP contribution in [-0.2, 0) is 14.6 Å². The van der Waals surface area contributed by atoms with Crippen molar-refractivity contribution >= 4 is 27.1 Å². The molecule has 4 nitrogen and oxygen atoms in total. The van der Waals surface area contributed by atoms with E-state index < -0.39 is 27.0 Å². The fourth-order valence-corrected chi connectivity index (χ4v) is 4.81. The number of hydrogen-bond acceptors (Lipinski definition) is 4. The van der Waals surface area contributed by atoms with Gasteiger partial charge in [-0.1, -0.05) is 6.07 Å². The Kier molecular flexibility index (Phi) is 2.11. The van der Waals surface area contributed by atoms with Crippen LogP contribution in [0.4, 0.5) is 0 Å². The van der Waals surface area contributed by atoms with Gasteiger partial charge < -0.3 is 5.11 Å². The highest BCUT2D eigenvalue weighted by Crippen LogP contribution is 2.43. The van der Waals surface area contributed by atoms with E-state index in [-0.39, 0.29) is 5.75 Å². The summed E-state index contributed by atoms with van der Waals surface area (Å²) in [6.07, 6.45) is 0. The molecule has 0 aromatic carbocycles. The lowest BCUT2D eigenvalue weighted by Gasteiger charge is -2.32. The minimum absolute atomic E-state index is 0.231. The standard InChI is InChI=1S/C8H8O4S2/c9-8(10)5-4-14(11,12)7(5)6-2-1-3-13-6/h1-3,5,7H,4H2,(H,9,10). The van der Waals surface area contributed by atoms with E-state index >= 15 is 0 Å². The van der Waals surface area contributed by atoms with E-state index in [2.05, 4.69) is 0 Å². The van der Waals surface area contributed by atoms with Crippen LogP contribution in [0.1, 0.15) is 10.1 Å². The Morgan fingerprint density at radius 1 is 1.57 bits per heavy atom. The molecule has 1 fully saturated rings. The molecule has 2 rings (SSSR count). The molecule has 2 atom stereocenters. The zero-order chi connectivity index (χ0) is 10.3. The first-order chi connectivity index (χ1) is 6.52. The summed E-state index contributed by atoms with van der Waals surface area (Å²) < 4.78 is 22.7. The number of carbonyl (C=O) groups is 1. The highest BCUT2D eigenvalue weighted by atomic mass is 32.2. The van der Waals surface area contributed by atoms with Gasteiger partial charge in [-0.3, -0.25) is 4.79 Å². The van der Waals surface area contributed by atoms with Gasteiger partial charge in [0.1, 0.15) is 5.25 Å². The number of sulfone groups is 1. The fraction of sp³-hybridized carbons (Fsp3) is 0.375. The maximum Gasteiger partial charge on any atom is 0.309 e. The maximum atomic E-state index is 11.4. The van der Waals surface area contributed by atoms with E-state index in [4.69, 9.17) is 5.11 Å². The van der Waals surface area contributed by atoms with Gasteiger partial charge in [-0.2, -0.15) is 0 Å². The SMILES string of the molecule is O=C(O)C1CS(=O)(=O)C1c1cccs1. The minimum atomic E-state index is -3.21. The molecule has 0 spiro atoms. The first kappa shape index (κ1) is 9.67. The molecule has 1 N–H and O–H groups in total.